The van der Waals surface area contributed by atoms with Gasteiger partial charge in [-0.1, -0.05) is 12.0 Å². The molecule has 0 heterocycles. The van der Waals surface area contributed by atoms with Gasteiger partial charge in [0.15, 0.2) is 0 Å². The van der Waals surface area contributed by atoms with Crippen molar-refractivity contribution in [1.82, 2.24) is 10.2 Å². The van der Waals surface area contributed by atoms with Crippen LogP contribution in [0.15, 0.2) is 5.11 Å². The van der Waals surface area contributed by atoms with Crippen LogP contribution in [0.25, 0.3) is 10.4 Å². The molecule has 0 aromatic heterocycles. The van der Waals surface area contributed by atoms with Crippen molar-refractivity contribution in [1.29, 1.82) is 0 Å². The lowest BCUT2D eigenvalue weighted by atomic mass is 10.4. The predicted octanol–water partition coefficient (Wildman–Crippen LogP) is 0.755. The van der Waals surface area contributed by atoms with Crippen LogP contribution >= 0.6 is 0 Å². The first-order valence-corrected chi connectivity index (χ1v) is 4.66. The molecule has 1 N–H and O–H groups in total. The number of hydrogen-bond donors (Lipinski definition) is 1. The van der Waals surface area contributed by atoms with Gasteiger partial charge in [-0.15, -0.1) is 0 Å². The molecule has 0 aliphatic carbocycles. The Balaban J connectivity index is 3.54. The minimum absolute atomic E-state index is 0.00953. The minimum atomic E-state index is 0.00953. The summed E-state index contributed by atoms with van der Waals surface area (Å²) in [6, 6.07) is 0. The smallest absolute Gasteiger partial charge is 0.234 e. The molecule has 0 aromatic rings. The highest BCUT2D eigenvalue weighted by Gasteiger charge is 2.03. The second-order valence-corrected chi connectivity index (χ2v) is 3.04. The molecule has 1 amide bonds. The minimum Gasteiger partial charge on any atom is -0.355 e. The van der Waals surface area contributed by atoms with E-state index in [1.54, 1.807) is 0 Å². The molecule has 0 saturated heterocycles. The number of hydrogen-bond acceptors (Lipinski definition) is 3. The third-order valence-electron chi connectivity index (χ3n) is 1.63. The molecule has 80 valence electrons. The molecule has 0 aliphatic rings. The molecular formula is C8H17N5O. The maximum Gasteiger partial charge on any atom is 0.234 e. The lowest BCUT2D eigenvalue weighted by Gasteiger charge is -2.14. The maximum atomic E-state index is 11.2. The summed E-state index contributed by atoms with van der Waals surface area (Å²) in [5.74, 6) is 0.00953. The first-order valence-electron chi connectivity index (χ1n) is 4.66. The number of azide groups is 1. The third kappa shape index (κ3) is 7.39. The number of nitrogens with one attached hydrogen (secondary N) is 1. The number of carbonyl (C=O) groups is 1. The Morgan fingerprint density at radius 2 is 2.36 bits per heavy atom. The molecule has 0 saturated carbocycles. The topological polar surface area (TPSA) is 81.1 Å². The molecule has 0 aliphatic heterocycles. The first-order chi connectivity index (χ1) is 6.70. The van der Waals surface area contributed by atoms with Crippen LogP contribution in [0.2, 0.25) is 0 Å². The van der Waals surface area contributed by atoms with Crippen molar-refractivity contribution in [2.75, 3.05) is 33.2 Å². The van der Waals surface area contributed by atoms with Gasteiger partial charge in [0.2, 0.25) is 5.91 Å². The Morgan fingerprint density at radius 1 is 1.64 bits per heavy atom. The summed E-state index contributed by atoms with van der Waals surface area (Å²) < 4.78 is 0. The summed E-state index contributed by atoms with van der Waals surface area (Å²) in [4.78, 5) is 15.6. The molecule has 14 heavy (non-hydrogen) atoms. The average Bonchev–Trinajstić information content (AvgIpc) is 2.15. The summed E-state index contributed by atoms with van der Waals surface area (Å²) in [7, 11) is 1.82. The molecule has 0 aromatic carbocycles. The van der Waals surface area contributed by atoms with Gasteiger partial charge in [0.25, 0.3) is 0 Å². The number of rotatable bonds is 7. The van der Waals surface area contributed by atoms with Crippen molar-refractivity contribution in [3.8, 4) is 0 Å². The van der Waals surface area contributed by atoms with Crippen LogP contribution in [0.1, 0.15) is 13.3 Å². The van der Waals surface area contributed by atoms with E-state index < -0.39 is 0 Å². The van der Waals surface area contributed by atoms with Gasteiger partial charge < -0.3 is 5.32 Å². The van der Waals surface area contributed by atoms with Crippen molar-refractivity contribution in [2.45, 2.75) is 13.3 Å². The summed E-state index contributed by atoms with van der Waals surface area (Å²) >= 11 is 0. The van der Waals surface area contributed by atoms with Gasteiger partial charge in [-0.25, -0.2) is 0 Å². The summed E-state index contributed by atoms with van der Waals surface area (Å²) in [6.07, 6.45) is 0.939. The molecule has 0 unspecified atom stereocenters. The Kier molecular flexibility index (Phi) is 7.59. The van der Waals surface area contributed by atoms with E-state index in [2.05, 4.69) is 15.3 Å². The Bertz CT molecular complexity index is 212. The number of nitrogens with zero attached hydrogens (tertiary/aromatic N) is 4. The van der Waals surface area contributed by atoms with Crippen LogP contribution < -0.4 is 5.32 Å². The zero-order chi connectivity index (χ0) is 10.8. The first kappa shape index (κ1) is 12.7. The molecule has 0 fully saturated rings. The molecule has 0 spiro atoms. The lowest BCUT2D eigenvalue weighted by Crippen LogP contribution is -2.36. The molecule has 6 heteroatoms. The van der Waals surface area contributed by atoms with Crippen LogP contribution in [0, 0.1) is 0 Å². The number of carbonyl (C=O) groups excluding carboxylic acids is 1. The average molecular weight is 199 g/mol. The lowest BCUT2D eigenvalue weighted by molar-refractivity contribution is -0.121. The molecule has 0 radical (unpaired) electrons. The van der Waals surface area contributed by atoms with E-state index >= 15 is 0 Å². The van der Waals surface area contributed by atoms with Crippen molar-refractivity contribution in [3.05, 3.63) is 10.4 Å². The highest BCUT2D eigenvalue weighted by atomic mass is 16.2. The van der Waals surface area contributed by atoms with E-state index in [-0.39, 0.29) is 5.91 Å². The van der Waals surface area contributed by atoms with Gasteiger partial charge in [-0.05, 0) is 19.0 Å². The fourth-order valence-electron chi connectivity index (χ4n) is 0.905. The van der Waals surface area contributed by atoms with E-state index in [1.807, 2.05) is 18.9 Å². The van der Waals surface area contributed by atoms with Crippen LogP contribution in [0.3, 0.4) is 0 Å². The number of likely N-dealkylation sites (N-methyl/N-ethyl adjacent to an activating group) is 1. The third-order valence-corrected chi connectivity index (χ3v) is 1.63. The van der Waals surface area contributed by atoms with E-state index in [0.29, 0.717) is 26.2 Å². The highest BCUT2D eigenvalue weighted by molar-refractivity contribution is 5.77. The van der Waals surface area contributed by atoms with Gasteiger partial charge in [0.05, 0.1) is 6.54 Å². The molecule has 0 atom stereocenters. The van der Waals surface area contributed by atoms with Crippen molar-refractivity contribution in [3.63, 3.8) is 0 Å². The molecule has 6 nitrogen and oxygen atoms in total. The van der Waals surface area contributed by atoms with Gasteiger partial charge in [-0.3, -0.25) is 9.69 Å². The Labute approximate surface area is 83.9 Å². The highest BCUT2D eigenvalue weighted by Crippen LogP contribution is 1.83. The van der Waals surface area contributed by atoms with Crippen molar-refractivity contribution in [2.24, 2.45) is 5.11 Å². The zero-order valence-corrected chi connectivity index (χ0v) is 8.73. The van der Waals surface area contributed by atoms with Crippen LogP contribution in [0.4, 0.5) is 0 Å². The van der Waals surface area contributed by atoms with E-state index in [9.17, 15) is 4.79 Å². The zero-order valence-electron chi connectivity index (χ0n) is 8.73. The van der Waals surface area contributed by atoms with Crippen LogP contribution in [-0.4, -0.2) is 44.0 Å². The predicted molar refractivity (Wildman–Crippen MR) is 54.8 cm³/mol. The fourth-order valence-corrected chi connectivity index (χ4v) is 0.905. The molecule has 0 bridgehead atoms. The summed E-state index contributed by atoms with van der Waals surface area (Å²) in [5, 5.41) is 6.16. The van der Waals surface area contributed by atoms with Gasteiger partial charge in [-0.2, -0.15) is 0 Å². The van der Waals surface area contributed by atoms with Gasteiger partial charge in [0.1, 0.15) is 0 Å². The second kappa shape index (κ2) is 8.34. The summed E-state index contributed by atoms with van der Waals surface area (Å²) in [5.41, 5.74) is 8.04. The largest absolute Gasteiger partial charge is 0.355 e. The van der Waals surface area contributed by atoms with Crippen LogP contribution in [0.5, 0.6) is 0 Å². The van der Waals surface area contributed by atoms with Crippen molar-refractivity contribution >= 4 is 5.91 Å². The van der Waals surface area contributed by atoms with Gasteiger partial charge >= 0.3 is 0 Å². The number of amides is 1. The SMILES string of the molecule is CCCNC(=O)CN(C)CCN=[N+]=[N-]. The Morgan fingerprint density at radius 3 is 2.93 bits per heavy atom. The van der Waals surface area contributed by atoms with E-state index in [0.717, 1.165) is 6.42 Å². The van der Waals surface area contributed by atoms with E-state index in [4.69, 9.17) is 5.53 Å². The Hall–Kier alpha value is -1.26. The normalized spacial score (nSPS) is 9.64. The fraction of sp³-hybridized carbons (Fsp3) is 0.875. The molecular weight excluding hydrogens is 182 g/mol. The quantitative estimate of drug-likeness (QED) is 0.373. The van der Waals surface area contributed by atoms with E-state index in [1.165, 1.54) is 0 Å². The van der Waals surface area contributed by atoms with Gasteiger partial charge in [0, 0.05) is 24.5 Å². The monoisotopic (exact) mass is 199 g/mol. The van der Waals surface area contributed by atoms with Crippen molar-refractivity contribution < 1.29 is 4.79 Å². The standard InChI is InChI=1S/C8H17N5O/c1-3-4-10-8(14)7-13(2)6-5-11-12-9/h3-7H2,1-2H3,(H,10,14). The summed E-state index contributed by atoms with van der Waals surface area (Å²) in [6.45, 7) is 4.06. The second-order valence-electron chi connectivity index (χ2n) is 3.04. The molecule has 0 rings (SSSR count). The van der Waals surface area contributed by atoms with Crippen LogP contribution in [-0.2, 0) is 4.79 Å². The maximum absolute atomic E-state index is 11.2.